The van der Waals surface area contributed by atoms with Gasteiger partial charge >= 0.3 is 6.03 Å². The standard InChI is InChI=1S/C16H17Cl2N3O3/c1-2-21(24)15-7-6-10(8-13(15)18)19-16(23)20-14-5-3-4-12(17)11(14)9-22/h3-8,22,24H,2,9H2,1H3,(H2,19,20,23). The Morgan fingerprint density at radius 3 is 2.54 bits per heavy atom. The predicted molar refractivity (Wildman–Crippen MR) is 96.3 cm³/mol. The Bertz CT molecular complexity index is 741. The van der Waals surface area contributed by atoms with Crippen LogP contribution < -0.4 is 15.7 Å². The summed E-state index contributed by atoms with van der Waals surface area (Å²) in [5.41, 5.74) is 1.75. The lowest BCUT2D eigenvalue weighted by molar-refractivity contribution is 0.260. The number of carbonyl (C=O) groups excluding carboxylic acids is 1. The van der Waals surface area contributed by atoms with Crippen molar-refractivity contribution >= 4 is 46.3 Å². The minimum Gasteiger partial charge on any atom is -0.392 e. The Morgan fingerprint density at radius 2 is 1.92 bits per heavy atom. The third-order valence-electron chi connectivity index (χ3n) is 3.31. The molecule has 4 N–H and O–H groups in total. The molecule has 8 heteroatoms. The van der Waals surface area contributed by atoms with Crippen LogP contribution in [0.15, 0.2) is 36.4 Å². The second kappa shape index (κ2) is 8.21. The molecule has 0 aliphatic heterocycles. The molecule has 0 bridgehead atoms. The van der Waals surface area contributed by atoms with E-state index in [-0.39, 0.29) is 6.61 Å². The van der Waals surface area contributed by atoms with E-state index in [1.165, 1.54) is 6.07 Å². The number of aliphatic hydroxyl groups is 1. The van der Waals surface area contributed by atoms with Crippen molar-refractivity contribution in [2.75, 3.05) is 22.2 Å². The smallest absolute Gasteiger partial charge is 0.323 e. The quantitative estimate of drug-likeness (QED) is 0.590. The number of rotatable bonds is 5. The van der Waals surface area contributed by atoms with Gasteiger partial charge in [-0.15, -0.1) is 0 Å². The van der Waals surface area contributed by atoms with Crippen molar-refractivity contribution in [2.24, 2.45) is 0 Å². The molecule has 0 aliphatic rings. The van der Waals surface area contributed by atoms with Gasteiger partial charge in [-0.25, -0.2) is 4.79 Å². The number of halogens is 2. The van der Waals surface area contributed by atoms with Crippen LogP contribution in [0, 0.1) is 0 Å². The van der Waals surface area contributed by atoms with Gasteiger partial charge in [-0.05, 0) is 37.3 Å². The van der Waals surface area contributed by atoms with Gasteiger partial charge in [0.15, 0.2) is 0 Å². The molecular formula is C16H17Cl2N3O3. The van der Waals surface area contributed by atoms with E-state index in [1.54, 1.807) is 37.3 Å². The fourth-order valence-corrected chi connectivity index (χ4v) is 2.60. The number of hydrogen-bond acceptors (Lipinski definition) is 4. The summed E-state index contributed by atoms with van der Waals surface area (Å²) in [6.45, 7) is 1.87. The summed E-state index contributed by atoms with van der Waals surface area (Å²) in [4.78, 5) is 12.1. The van der Waals surface area contributed by atoms with Crippen LogP contribution in [-0.2, 0) is 6.61 Å². The molecule has 0 saturated heterocycles. The molecule has 0 radical (unpaired) electrons. The largest absolute Gasteiger partial charge is 0.392 e. The van der Waals surface area contributed by atoms with Crippen molar-refractivity contribution in [1.82, 2.24) is 0 Å². The van der Waals surface area contributed by atoms with E-state index in [2.05, 4.69) is 10.6 Å². The molecule has 0 aromatic heterocycles. The van der Waals surface area contributed by atoms with Crippen LogP contribution in [0.3, 0.4) is 0 Å². The number of aliphatic hydroxyl groups excluding tert-OH is 1. The number of amides is 2. The van der Waals surface area contributed by atoms with Crippen LogP contribution in [0.2, 0.25) is 10.0 Å². The summed E-state index contributed by atoms with van der Waals surface area (Å²) in [6, 6.07) is 9.17. The number of hydroxylamine groups is 1. The summed E-state index contributed by atoms with van der Waals surface area (Å²) in [5.74, 6) is 0. The van der Waals surface area contributed by atoms with E-state index >= 15 is 0 Å². The minimum absolute atomic E-state index is 0.292. The molecule has 0 aliphatic carbocycles. The first-order valence-electron chi connectivity index (χ1n) is 7.18. The average Bonchev–Trinajstić information content (AvgIpc) is 2.54. The topological polar surface area (TPSA) is 84.8 Å². The van der Waals surface area contributed by atoms with Crippen molar-refractivity contribution < 1.29 is 15.1 Å². The van der Waals surface area contributed by atoms with Gasteiger partial charge < -0.3 is 15.7 Å². The van der Waals surface area contributed by atoms with Crippen LogP contribution in [-0.4, -0.2) is 22.9 Å². The van der Waals surface area contributed by atoms with Crippen molar-refractivity contribution in [3.05, 3.63) is 52.0 Å². The second-order valence-electron chi connectivity index (χ2n) is 4.89. The van der Waals surface area contributed by atoms with Crippen LogP contribution in [0.25, 0.3) is 0 Å². The fourth-order valence-electron chi connectivity index (χ4n) is 2.09. The van der Waals surface area contributed by atoms with Crippen LogP contribution in [0.4, 0.5) is 21.9 Å². The van der Waals surface area contributed by atoms with Gasteiger partial charge in [0.2, 0.25) is 0 Å². The van der Waals surface area contributed by atoms with Crippen molar-refractivity contribution in [1.29, 1.82) is 0 Å². The van der Waals surface area contributed by atoms with E-state index in [0.29, 0.717) is 39.2 Å². The maximum Gasteiger partial charge on any atom is 0.323 e. The maximum absolute atomic E-state index is 12.1. The first-order valence-corrected chi connectivity index (χ1v) is 7.94. The number of urea groups is 1. The second-order valence-corrected chi connectivity index (χ2v) is 5.70. The van der Waals surface area contributed by atoms with Crippen molar-refractivity contribution in [2.45, 2.75) is 13.5 Å². The Hall–Kier alpha value is -1.99. The summed E-state index contributed by atoms with van der Waals surface area (Å²) in [5, 5.41) is 25.9. The van der Waals surface area contributed by atoms with Crippen LogP contribution in [0.5, 0.6) is 0 Å². The SMILES string of the molecule is CCN(O)c1ccc(NC(=O)Nc2cccc(Cl)c2CO)cc1Cl. The van der Waals surface area contributed by atoms with Crippen LogP contribution in [0.1, 0.15) is 12.5 Å². The van der Waals surface area contributed by atoms with E-state index in [9.17, 15) is 15.1 Å². The zero-order chi connectivity index (χ0) is 17.7. The van der Waals surface area contributed by atoms with Gasteiger partial charge in [0.25, 0.3) is 0 Å². The number of nitrogens with one attached hydrogen (secondary N) is 2. The monoisotopic (exact) mass is 369 g/mol. The van der Waals surface area contributed by atoms with Crippen molar-refractivity contribution in [3.63, 3.8) is 0 Å². The highest BCUT2D eigenvalue weighted by molar-refractivity contribution is 6.33. The molecule has 2 amide bonds. The lowest BCUT2D eigenvalue weighted by Gasteiger charge is -2.17. The Morgan fingerprint density at radius 1 is 1.17 bits per heavy atom. The van der Waals surface area contributed by atoms with Gasteiger partial charge in [0, 0.05) is 28.5 Å². The third-order valence-corrected chi connectivity index (χ3v) is 3.97. The van der Waals surface area contributed by atoms with E-state index < -0.39 is 6.03 Å². The number of carbonyl (C=O) groups is 1. The van der Waals surface area contributed by atoms with E-state index in [1.807, 2.05) is 0 Å². The summed E-state index contributed by atoms with van der Waals surface area (Å²) in [6.07, 6.45) is 0. The Labute approximate surface area is 149 Å². The highest BCUT2D eigenvalue weighted by Gasteiger charge is 2.11. The summed E-state index contributed by atoms with van der Waals surface area (Å²) in [7, 11) is 0. The number of nitrogens with zero attached hydrogens (tertiary/aromatic N) is 1. The molecule has 0 heterocycles. The molecule has 0 unspecified atom stereocenters. The lowest BCUT2D eigenvalue weighted by atomic mass is 10.2. The molecule has 2 aromatic carbocycles. The van der Waals surface area contributed by atoms with Gasteiger partial charge in [0.05, 0.1) is 17.3 Å². The predicted octanol–water partition coefficient (Wildman–Crippen LogP) is 4.35. The van der Waals surface area contributed by atoms with E-state index in [4.69, 9.17) is 23.2 Å². The number of anilines is 3. The normalized spacial score (nSPS) is 10.4. The van der Waals surface area contributed by atoms with E-state index in [0.717, 1.165) is 5.06 Å². The van der Waals surface area contributed by atoms with Crippen LogP contribution >= 0.6 is 23.2 Å². The third kappa shape index (κ3) is 4.30. The highest BCUT2D eigenvalue weighted by atomic mass is 35.5. The highest BCUT2D eigenvalue weighted by Crippen LogP contribution is 2.28. The molecule has 0 spiro atoms. The van der Waals surface area contributed by atoms with Crippen molar-refractivity contribution in [3.8, 4) is 0 Å². The summed E-state index contributed by atoms with van der Waals surface area (Å²) < 4.78 is 0. The fraction of sp³-hybridized carbons (Fsp3) is 0.188. The Balaban J connectivity index is 2.11. The zero-order valence-corrected chi connectivity index (χ0v) is 14.4. The van der Waals surface area contributed by atoms with Gasteiger partial charge in [0.1, 0.15) is 0 Å². The first kappa shape index (κ1) is 18.4. The summed E-state index contributed by atoms with van der Waals surface area (Å²) >= 11 is 12.1. The average molecular weight is 370 g/mol. The maximum atomic E-state index is 12.1. The van der Waals surface area contributed by atoms with Gasteiger partial charge in [-0.2, -0.15) is 0 Å². The number of hydrogen-bond donors (Lipinski definition) is 4. The molecule has 128 valence electrons. The molecule has 2 rings (SSSR count). The first-order chi connectivity index (χ1) is 11.5. The zero-order valence-electron chi connectivity index (χ0n) is 12.9. The molecule has 24 heavy (non-hydrogen) atoms. The molecular weight excluding hydrogens is 353 g/mol. The molecule has 2 aromatic rings. The number of benzene rings is 2. The molecule has 0 fully saturated rings. The molecule has 6 nitrogen and oxygen atoms in total. The minimum atomic E-state index is -0.507. The van der Waals surface area contributed by atoms with Gasteiger partial charge in [-0.3, -0.25) is 10.3 Å². The molecule has 0 atom stereocenters. The lowest BCUT2D eigenvalue weighted by Crippen LogP contribution is -2.21. The molecule has 0 saturated carbocycles. The Kier molecular flexibility index (Phi) is 6.28. The van der Waals surface area contributed by atoms with Gasteiger partial charge in [-0.1, -0.05) is 29.3 Å².